The largest absolute Gasteiger partial charge is 0.349 e. The van der Waals surface area contributed by atoms with Crippen molar-refractivity contribution in [3.05, 3.63) is 71.9 Å². The third-order valence-corrected chi connectivity index (χ3v) is 5.25. The van der Waals surface area contributed by atoms with E-state index in [1.165, 1.54) is 12.1 Å². The van der Waals surface area contributed by atoms with Crippen LogP contribution in [0.25, 0.3) is 11.4 Å². The summed E-state index contributed by atoms with van der Waals surface area (Å²) in [7, 11) is 0. The van der Waals surface area contributed by atoms with E-state index in [-0.39, 0.29) is 18.0 Å². The molecule has 4 heterocycles. The summed E-state index contributed by atoms with van der Waals surface area (Å²) in [5.74, 6) is 0.895. The molecule has 0 spiro atoms. The van der Waals surface area contributed by atoms with E-state index in [1.807, 2.05) is 35.5 Å². The van der Waals surface area contributed by atoms with Gasteiger partial charge >= 0.3 is 6.01 Å². The maximum Gasteiger partial charge on any atom is 0.349 e. The second kappa shape index (κ2) is 5.95. The average Bonchev–Trinajstić information content (AvgIpc) is 3.45. The summed E-state index contributed by atoms with van der Waals surface area (Å²) in [5.41, 5.74) is 2.76. The summed E-state index contributed by atoms with van der Waals surface area (Å²) in [6, 6.07) is 14.2. The summed E-state index contributed by atoms with van der Waals surface area (Å²) < 4.78 is 20.3. The SMILES string of the molecule is Fc1ccc(-c2noc(N3C=NC4c5ccccc5N5CN(Cl)C=C5N43)n2)cc1. The number of aliphatic imine (C=N–C) groups is 1. The van der Waals surface area contributed by atoms with Crippen molar-refractivity contribution in [1.82, 2.24) is 19.6 Å². The zero-order valence-corrected chi connectivity index (χ0v) is 15.6. The van der Waals surface area contributed by atoms with Gasteiger partial charge in [0, 0.05) is 22.9 Å². The number of hydrazine groups is 1. The number of hydrogen-bond acceptors (Lipinski definition) is 8. The van der Waals surface area contributed by atoms with Crippen molar-refractivity contribution in [2.75, 3.05) is 16.6 Å². The predicted octanol–water partition coefficient (Wildman–Crippen LogP) is 3.69. The van der Waals surface area contributed by atoms with Gasteiger partial charge < -0.3 is 9.42 Å². The highest BCUT2D eigenvalue weighted by Gasteiger charge is 2.44. The monoisotopic (exact) mass is 409 g/mol. The van der Waals surface area contributed by atoms with E-state index in [0.717, 1.165) is 17.1 Å². The standard InChI is InChI=1S/C19H13ClFN7O/c20-25-9-16-26(11-25)15-4-2-1-3-14(15)18-22-10-27(28(16)18)19-23-17(24-29-19)12-5-7-13(21)8-6-12/h1-10,18H,11H2. The molecule has 1 aromatic heterocycles. The Labute approximate surface area is 169 Å². The number of hydrogen-bond donors (Lipinski definition) is 0. The highest BCUT2D eigenvalue weighted by atomic mass is 35.5. The molecule has 29 heavy (non-hydrogen) atoms. The number of aromatic nitrogens is 2. The lowest BCUT2D eigenvalue weighted by Crippen LogP contribution is -2.46. The first kappa shape index (κ1) is 16.4. The zero-order valence-electron chi connectivity index (χ0n) is 14.9. The van der Waals surface area contributed by atoms with Gasteiger partial charge in [-0.1, -0.05) is 23.4 Å². The lowest BCUT2D eigenvalue weighted by Gasteiger charge is -2.41. The molecule has 3 aromatic rings. The van der Waals surface area contributed by atoms with E-state index in [0.29, 0.717) is 18.1 Å². The molecule has 8 nitrogen and oxygen atoms in total. The quantitative estimate of drug-likeness (QED) is 0.598. The van der Waals surface area contributed by atoms with Crippen molar-refractivity contribution >= 4 is 29.8 Å². The molecule has 2 aromatic carbocycles. The molecule has 0 N–H and O–H groups in total. The smallest absolute Gasteiger partial charge is 0.313 e. The lowest BCUT2D eigenvalue weighted by molar-refractivity contribution is 0.261. The second-order valence-electron chi connectivity index (χ2n) is 6.75. The van der Waals surface area contributed by atoms with Crippen LogP contribution in [0.15, 0.2) is 70.1 Å². The van der Waals surface area contributed by atoms with Crippen molar-refractivity contribution in [3.8, 4) is 11.4 Å². The van der Waals surface area contributed by atoms with Crippen LogP contribution >= 0.6 is 11.8 Å². The Hall–Kier alpha value is -3.59. The molecule has 3 aliphatic heterocycles. The van der Waals surface area contributed by atoms with Crippen LogP contribution in [0.3, 0.4) is 0 Å². The molecule has 144 valence electrons. The van der Waals surface area contributed by atoms with Gasteiger partial charge in [-0.25, -0.2) is 14.4 Å². The van der Waals surface area contributed by atoms with Crippen molar-refractivity contribution in [2.45, 2.75) is 6.17 Å². The number of para-hydroxylation sites is 1. The van der Waals surface area contributed by atoms with Crippen LogP contribution in [0.4, 0.5) is 16.1 Å². The third kappa shape index (κ3) is 2.40. The molecule has 0 saturated carbocycles. The Balaban J connectivity index is 1.40. The molecule has 0 bridgehead atoms. The van der Waals surface area contributed by atoms with Crippen LogP contribution in [0, 0.1) is 5.82 Å². The van der Waals surface area contributed by atoms with Crippen molar-refractivity contribution in [1.29, 1.82) is 0 Å². The minimum atomic E-state index is -0.321. The number of anilines is 2. The summed E-state index contributed by atoms with van der Waals surface area (Å²) in [6.07, 6.45) is 3.23. The van der Waals surface area contributed by atoms with E-state index in [4.69, 9.17) is 16.3 Å². The van der Waals surface area contributed by atoms with Gasteiger partial charge in [0.15, 0.2) is 6.17 Å². The van der Waals surface area contributed by atoms with Crippen LogP contribution in [0.1, 0.15) is 11.7 Å². The molecule has 0 saturated heterocycles. The van der Waals surface area contributed by atoms with E-state index >= 15 is 0 Å². The lowest BCUT2D eigenvalue weighted by atomic mass is 10.1. The van der Waals surface area contributed by atoms with Gasteiger partial charge in [0.2, 0.25) is 5.82 Å². The fourth-order valence-electron chi connectivity index (χ4n) is 3.75. The van der Waals surface area contributed by atoms with E-state index in [1.54, 1.807) is 27.9 Å². The topological polar surface area (TPSA) is 64.2 Å². The molecule has 1 atom stereocenters. The average molecular weight is 410 g/mol. The van der Waals surface area contributed by atoms with Crippen molar-refractivity contribution in [3.63, 3.8) is 0 Å². The molecule has 0 radical (unpaired) electrons. The summed E-state index contributed by atoms with van der Waals surface area (Å²) >= 11 is 6.28. The molecule has 3 aliphatic rings. The molecular formula is C19H13ClFN7O. The Morgan fingerprint density at radius 2 is 1.93 bits per heavy atom. The number of fused-ring (bicyclic) bond motifs is 6. The maximum atomic E-state index is 13.2. The van der Waals surface area contributed by atoms with Crippen LogP contribution < -0.4 is 9.91 Å². The van der Waals surface area contributed by atoms with E-state index < -0.39 is 0 Å². The van der Waals surface area contributed by atoms with Gasteiger partial charge in [0.1, 0.15) is 24.6 Å². The first-order chi connectivity index (χ1) is 14.2. The molecule has 0 amide bonds. The number of halogens is 2. The number of nitrogens with zero attached hydrogens (tertiary/aromatic N) is 7. The molecule has 0 aliphatic carbocycles. The Morgan fingerprint density at radius 3 is 2.79 bits per heavy atom. The van der Waals surface area contributed by atoms with Gasteiger partial charge in [-0.2, -0.15) is 9.99 Å². The highest BCUT2D eigenvalue weighted by molar-refractivity contribution is 6.14. The second-order valence-corrected chi connectivity index (χ2v) is 7.18. The van der Waals surface area contributed by atoms with E-state index in [9.17, 15) is 4.39 Å². The first-order valence-electron chi connectivity index (χ1n) is 8.91. The highest BCUT2D eigenvalue weighted by Crippen LogP contribution is 2.46. The third-order valence-electron chi connectivity index (χ3n) is 5.04. The fraction of sp³-hybridized carbons (Fsp3) is 0.105. The van der Waals surface area contributed by atoms with Gasteiger partial charge in [0.05, 0.1) is 11.9 Å². The van der Waals surface area contributed by atoms with Crippen LogP contribution in [-0.4, -0.2) is 32.6 Å². The molecule has 0 fully saturated rings. The van der Waals surface area contributed by atoms with Gasteiger partial charge in [0.25, 0.3) is 0 Å². The summed E-state index contributed by atoms with van der Waals surface area (Å²) in [6.45, 7) is 0.510. The minimum absolute atomic E-state index is 0.254. The van der Waals surface area contributed by atoms with Crippen LogP contribution in [0.5, 0.6) is 0 Å². The summed E-state index contributed by atoms with van der Waals surface area (Å²) in [4.78, 5) is 11.2. The normalized spacial score (nSPS) is 19.4. The minimum Gasteiger partial charge on any atom is -0.313 e. The molecular weight excluding hydrogens is 397 g/mol. The number of benzene rings is 2. The predicted molar refractivity (Wildman–Crippen MR) is 105 cm³/mol. The maximum absolute atomic E-state index is 13.2. The molecule has 1 unspecified atom stereocenters. The molecule has 10 heteroatoms. The van der Waals surface area contributed by atoms with Gasteiger partial charge in [-0.05, 0) is 30.3 Å². The Kier molecular flexibility index (Phi) is 3.36. The van der Waals surface area contributed by atoms with E-state index in [2.05, 4.69) is 20.0 Å². The Morgan fingerprint density at radius 1 is 1.10 bits per heavy atom. The van der Waals surface area contributed by atoms with Crippen molar-refractivity contribution in [2.24, 2.45) is 4.99 Å². The van der Waals surface area contributed by atoms with Crippen LogP contribution in [-0.2, 0) is 0 Å². The first-order valence-corrected chi connectivity index (χ1v) is 9.25. The fourth-order valence-corrected chi connectivity index (χ4v) is 3.95. The Bertz CT molecular complexity index is 1160. The van der Waals surface area contributed by atoms with Crippen LogP contribution in [0.2, 0.25) is 0 Å². The zero-order chi connectivity index (χ0) is 19.5. The number of rotatable bonds is 2. The summed E-state index contributed by atoms with van der Waals surface area (Å²) in [5, 5.41) is 7.69. The van der Waals surface area contributed by atoms with Crippen molar-refractivity contribution < 1.29 is 8.91 Å². The van der Waals surface area contributed by atoms with Gasteiger partial charge in [-0.3, -0.25) is 4.42 Å². The van der Waals surface area contributed by atoms with Gasteiger partial charge in [-0.15, -0.1) is 0 Å². The molecule has 6 rings (SSSR count).